The summed E-state index contributed by atoms with van der Waals surface area (Å²) in [6.45, 7) is 3.01. The van der Waals surface area contributed by atoms with Crippen LogP contribution in [0.3, 0.4) is 0 Å². The molecular weight excluding hydrogens is 201 g/mol. The van der Waals surface area contributed by atoms with Crippen LogP contribution in [0, 0.1) is 12.7 Å². The van der Waals surface area contributed by atoms with Gasteiger partial charge in [0.1, 0.15) is 0 Å². The summed E-state index contributed by atoms with van der Waals surface area (Å²) in [5.41, 5.74) is 6.42. The molecule has 0 aliphatic rings. The summed E-state index contributed by atoms with van der Waals surface area (Å²) in [7, 11) is 0. The van der Waals surface area contributed by atoms with Gasteiger partial charge in [0.05, 0.1) is 0 Å². The smallest absolute Gasteiger partial charge is 0.344 e. The number of nitrogens with two attached hydrogens (primary N) is 1. The van der Waals surface area contributed by atoms with Gasteiger partial charge < -0.3 is 15.6 Å². The average molecular weight is 213 g/mol. The lowest BCUT2D eigenvalue weighted by molar-refractivity contribution is -0.144. The third-order valence-electron chi connectivity index (χ3n) is 1.97. The maximum atomic E-state index is 13.3. The number of carbonyl (C=O) groups is 1. The van der Waals surface area contributed by atoms with Crippen molar-refractivity contribution in [1.82, 2.24) is 0 Å². The fraction of sp³-hybridized carbons (Fsp3) is 0.300. The number of hydrogen-bond donors (Lipinski definition) is 2. The third-order valence-corrected chi connectivity index (χ3v) is 1.97. The van der Waals surface area contributed by atoms with Crippen LogP contribution < -0.4 is 10.5 Å². The molecule has 0 saturated carbocycles. The molecule has 3 N–H and O–H groups in total. The Balaban J connectivity index is 2.95. The van der Waals surface area contributed by atoms with Crippen LogP contribution in [0.25, 0.3) is 0 Å². The van der Waals surface area contributed by atoms with Gasteiger partial charge in [-0.25, -0.2) is 9.18 Å². The van der Waals surface area contributed by atoms with E-state index in [1.807, 2.05) is 0 Å². The molecule has 82 valence electrons. The number of rotatable bonds is 3. The van der Waals surface area contributed by atoms with Gasteiger partial charge in [0, 0.05) is 11.8 Å². The number of benzene rings is 1. The van der Waals surface area contributed by atoms with Crippen molar-refractivity contribution in [2.24, 2.45) is 0 Å². The third kappa shape index (κ3) is 2.59. The van der Waals surface area contributed by atoms with E-state index in [4.69, 9.17) is 15.6 Å². The fourth-order valence-corrected chi connectivity index (χ4v) is 1.00. The molecule has 4 nitrogen and oxygen atoms in total. The number of halogens is 1. The van der Waals surface area contributed by atoms with Gasteiger partial charge >= 0.3 is 5.97 Å². The summed E-state index contributed by atoms with van der Waals surface area (Å²) in [6.07, 6.45) is -1.09. The molecule has 15 heavy (non-hydrogen) atoms. The number of carboxylic acid groups (broad SMARTS) is 1. The minimum absolute atomic E-state index is 0.100. The zero-order valence-corrected chi connectivity index (χ0v) is 8.45. The van der Waals surface area contributed by atoms with Crippen molar-refractivity contribution in [2.75, 3.05) is 5.73 Å². The van der Waals surface area contributed by atoms with Crippen molar-refractivity contribution >= 4 is 11.7 Å². The maximum Gasteiger partial charge on any atom is 0.344 e. The minimum Gasteiger partial charge on any atom is -0.479 e. The molecule has 0 radical (unpaired) electrons. The number of carboxylic acids is 1. The standard InChI is InChI=1S/C10H12FNO3/c1-5-3-9(7(11)4-8(5)12)15-6(2)10(13)14/h3-4,6H,12H2,1-2H3,(H,13,14). The van der Waals surface area contributed by atoms with E-state index in [-0.39, 0.29) is 5.75 Å². The van der Waals surface area contributed by atoms with Gasteiger partial charge in [0.2, 0.25) is 0 Å². The number of anilines is 1. The van der Waals surface area contributed by atoms with Gasteiger partial charge in [0.25, 0.3) is 0 Å². The average Bonchev–Trinajstić information content (AvgIpc) is 2.13. The van der Waals surface area contributed by atoms with Crippen molar-refractivity contribution in [1.29, 1.82) is 0 Å². The molecule has 0 aromatic heterocycles. The van der Waals surface area contributed by atoms with E-state index in [1.54, 1.807) is 6.92 Å². The fourth-order valence-electron chi connectivity index (χ4n) is 1.00. The zero-order chi connectivity index (χ0) is 11.6. The molecule has 0 aliphatic carbocycles. The van der Waals surface area contributed by atoms with E-state index in [0.29, 0.717) is 11.3 Å². The van der Waals surface area contributed by atoms with E-state index in [2.05, 4.69) is 0 Å². The first-order chi connectivity index (χ1) is 6.91. The predicted molar refractivity (Wildman–Crippen MR) is 53.3 cm³/mol. The molecular formula is C10H12FNO3. The highest BCUT2D eigenvalue weighted by Gasteiger charge is 2.15. The molecule has 0 aliphatic heterocycles. The number of aryl methyl sites for hydroxylation is 1. The Bertz CT molecular complexity index is 392. The topological polar surface area (TPSA) is 72.5 Å². The van der Waals surface area contributed by atoms with Gasteiger partial charge in [-0.3, -0.25) is 0 Å². The van der Waals surface area contributed by atoms with Crippen LogP contribution in [0.1, 0.15) is 12.5 Å². The van der Waals surface area contributed by atoms with E-state index < -0.39 is 17.9 Å². The monoisotopic (exact) mass is 213 g/mol. The molecule has 1 atom stereocenters. The van der Waals surface area contributed by atoms with Crippen LogP contribution in [-0.4, -0.2) is 17.2 Å². The Kier molecular flexibility index (Phi) is 3.14. The molecule has 5 heteroatoms. The summed E-state index contributed by atoms with van der Waals surface area (Å²) in [4.78, 5) is 10.5. The molecule has 1 aromatic carbocycles. The van der Waals surface area contributed by atoms with E-state index in [0.717, 1.165) is 6.07 Å². The van der Waals surface area contributed by atoms with Crippen molar-refractivity contribution in [3.63, 3.8) is 0 Å². The summed E-state index contributed by atoms with van der Waals surface area (Å²) in [5, 5.41) is 8.59. The molecule has 0 fully saturated rings. The van der Waals surface area contributed by atoms with E-state index in [1.165, 1.54) is 13.0 Å². The molecule has 0 heterocycles. The van der Waals surface area contributed by atoms with Gasteiger partial charge in [0.15, 0.2) is 17.7 Å². The highest BCUT2D eigenvalue weighted by Crippen LogP contribution is 2.24. The Morgan fingerprint density at radius 1 is 1.60 bits per heavy atom. The largest absolute Gasteiger partial charge is 0.479 e. The van der Waals surface area contributed by atoms with Gasteiger partial charge in [-0.1, -0.05) is 0 Å². The second-order valence-electron chi connectivity index (χ2n) is 3.24. The summed E-state index contributed by atoms with van der Waals surface area (Å²) in [6, 6.07) is 2.49. The van der Waals surface area contributed by atoms with Gasteiger partial charge in [-0.2, -0.15) is 0 Å². The number of nitrogen functional groups attached to an aromatic ring is 1. The summed E-state index contributed by atoms with van der Waals surface area (Å²) >= 11 is 0. The van der Waals surface area contributed by atoms with Crippen LogP contribution in [-0.2, 0) is 4.79 Å². The SMILES string of the molecule is Cc1cc(OC(C)C(=O)O)c(F)cc1N. The highest BCUT2D eigenvalue weighted by molar-refractivity contribution is 5.72. The molecule has 0 bridgehead atoms. The normalized spacial score (nSPS) is 12.2. The predicted octanol–water partition coefficient (Wildman–Crippen LogP) is 1.57. The molecule has 0 saturated heterocycles. The molecule has 1 aromatic rings. The Morgan fingerprint density at radius 2 is 2.20 bits per heavy atom. The van der Waals surface area contributed by atoms with Crippen molar-refractivity contribution in [3.8, 4) is 5.75 Å². The van der Waals surface area contributed by atoms with Crippen LogP contribution in [0.15, 0.2) is 12.1 Å². The van der Waals surface area contributed by atoms with Gasteiger partial charge in [-0.05, 0) is 25.5 Å². The highest BCUT2D eigenvalue weighted by atomic mass is 19.1. The molecule has 0 amide bonds. The Hall–Kier alpha value is -1.78. The maximum absolute atomic E-state index is 13.3. The van der Waals surface area contributed by atoms with E-state index >= 15 is 0 Å². The molecule has 0 spiro atoms. The molecule has 1 unspecified atom stereocenters. The van der Waals surface area contributed by atoms with Crippen LogP contribution in [0.2, 0.25) is 0 Å². The second kappa shape index (κ2) is 4.16. The first kappa shape index (κ1) is 11.3. The lowest BCUT2D eigenvalue weighted by atomic mass is 10.2. The molecule has 1 rings (SSSR count). The summed E-state index contributed by atoms with van der Waals surface area (Å²) in [5.74, 6) is -1.91. The lowest BCUT2D eigenvalue weighted by Gasteiger charge is -2.12. The first-order valence-electron chi connectivity index (χ1n) is 4.37. The number of hydrogen-bond acceptors (Lipinski definition) is 3. The lowest BCUT2D eigenvalue weighted by Crippen LogP contribution is -2.23. The van der Waals surface area contributed by atoms with Crippen molar-refractivity contribution in [2.45, 2.75) is 20.0 Å². The zero-order valence-electron chi connectivity index (χ0n) is 8.45. The quantitative estimate of drug-likeness (QED) is 0.747. The second-order valence-corrected chi connectivity index (χ2v) is 3.24. The van der Waals surface area contributed by atoms with E-state index in [9.17, 15) is 9.18 Å². The summed E-state index contributed by atoms with van der Waals surface area (Å²) < 4.78 is 18.2. The Morgan fingerprint density at radius 3 is 2.73 bits per heavy atom. The van der Waals surface area contributed by atoms with Crippen LogP contribution >= 0.6 is 0 Å². The van der Waals surface area contributed by atoms with Crippen LogP contribution in [0.5, 0.6) is 5.75 Å². The minimum atomic E-state index is -1.15. The number of ether oxygens (including phenoxy) is 1. The van der Waals surface area contributed by atoms with Crippen LogP contribution in [0.4, 0.5) is 10.1 Å². The first-order valence-corrected chi connectivity index (χ1v) is 4.37. The van der Waals surface area contributed by atoms with Gasteiger partial charge in [-0.15, -0.1) is 0 Å². The Labute approximate surface area is 86.5 Å². The van der Waals surface area contributed by atoms with Crippen molar-refractivity contribution in [3.05, 3.63) is 23.5 Å². The number of aliphatic carboxylic acids is 1. The van der Waals surface area contributed by atoms with Crippen molar-refractivity contribution < 1.29 is 19.0 Å².